The summed E-state index contributed by atoms with van der Waals surface area (Å²) in [5.41, 5.74) is 0. The Balaban J connectivity index is 1.60. The second kappa shape index (κ2) is 4.63. The highest BCUT2D eigenvalue weighted by atomic mass is 16.3. The number of likely N-dealkylation sites (tertiary alicyclic amines) is 1. The minimum atomic E-state index is 0.00714. The van der Waals surface area contributed by atoms with Crippen LogP contribution in [0.15, 0.2) is 0 Å². The fourth-order valence-corrected chi connectivity index (χ4v) is 3.00. The van der Waals surface area contributed by atoms with Gasteiger partial charge in [-0.25, -0.2) is 0 Å². The molecular formula is C12H23NO. The topological polar surface area (TPSA) is 23.5 Å². The Kier molecular flexibility index (Phi) is 3.45. The maximum Gasteiger partial charge on any atom is 0.0543 e. The second-order valence-electron chi connectivity index (χ2n) is 5.21. The largest absolute Gasteiger partial charge is 0.393 e. The molecule has 0 amide bonds. The fourth-order valence-electron chi connectivity index (χ4n) is 3.00. The molecule has 0 spiro atoms. The zero-order valence-electron chi connectivity index (χ0n) is 9.28. The summed E-state index contributed by atoms with van der Waals surface area (Å²) in [6, 6.07) is 0. The molecule has 1 saturated heterocycles. The van der Waals surface area contributed by atoms with Crippen molar-refractivity contribution >= 4 is 0 Å². The quantitative estimate of drug-likeness (QED) is 0.744. The molecule has 82 valence electrons. The van der Waals surface area contributed by atoms with E-state index in [2.05, 4.69) is 11.8 Å². The molecule has 1 heterocycles. The van der Waals surface area contributed by atoms with Crippen molar-refractivity contribution in [3.8, 4) is 0 Å². The molecule has 2 atom stereocenters. The molecule has 0 bridgehead atoms. The monoisotopic (exact) mass is 197 g/mol. The van der Waals surface area contributed by atoms with E-state index in [0.29, 0.717) is 0 Å². The maximum atomic E-state index is 9.42. The molecule has 1 aliphatic heterocycles. The van der Waals surface area contributed by atoms with E-state index in [1.807, 2.05) is 0 Å². The third-order valence-electron chi connectivity index (χ3n) is 3.76. The Morgan fingerprint density at radius 2 is 2.00 bits per heavy atom. The summed E-state index contributed by atoms with van der Waals surface area (Å²) in [4.78, 5) is 2.57. The summed E-state index contributed by atoms with van der Waals surface area (Å²) < 4.78 is 0. The molecule has 0 aromatic heterocycles. The van der Waals surface area contributed by atoms with Crippen LogP contribution in [-0.2, 0) is 0 Å². The maximum absolute atomic E-state index is 9.42. The number of nitrogens with zero attached hydrogens (tertiary/aromatic N) is 1. The van der Waals surface area contributed by atoms with Gasteiger partial charge in [0.05, 0.1) is 6.10 Å². The highest BCUT2D eigenvalue weighted by molar-refractivity contribution is 4.84. The van der Waals surface area contributed by atoms with Crippen molar-refractivity contribution < 1.29 is 5.11 Å². The van der Waals surface area contributed by atoms with Crippen LogP contribution < -0.4 is 0 Å². The van der Waals surface area contributed by atoms with Crippen molar-refractivity contribution in [2.45, 2.75) is 45.1 Å². The average molecular weight is 197 g/mol. The number of aliphatic hydroxyl groups excluding tert-OH is 1. The van der Waals surface area contributed by atoms with Crippen LogP contribution in [0, 0.1) is 11.8 Å². The van der Waals surface area contributed by atoms with Gasteiger partial charge in [-0.1, -0.05) is 13.3 Å². The first-order chi connectivity index (χ1) is 6.78. The van der Waals surface area contributed by atoms with Crippen LogP contribution >= 0.6 is 0 Å². The third kappa shape index (κ3) is 2.48. The van der Waals surface area contributed by atoms with Crippen LogP contribution in [-0.4, -0.2) is 35.7 Å². The van der Waals surface area contributed by atoms with Gasteiger partial charge in [0.1, 0.15) is 0 Å². The molecule has 2 unspecified atom stereocenters. The molecule has 2 fully saturated rings. The molecule has 1 aliphatic carbocycles. The molecule has 14 heavy (non-hydrogen) atoms. The molecule has 2 heteroatoms. The normalized spacial score (nSPS) is 34.7. The summed E-state index contributed by atoms with van der Waals surface area (Å²) in [6.07, 6.45) is 6.08. The molecule has 2 nitrogen and oxygen atoms in total. The average Bonchev–Trinajstić information content (AvgIpc) is 2.48. The number of hydrogen-bond donors (Lipinski definition) is 1. The van der Waals surface area contributed by atoms with Crippen LogP contribution in [0.5, 0.6) is 0 Å². The summed E-state index contributed by atoms with van der Waals surface area (Å²) in [6.45, 7) is 6.16. The molecule has 0 aromatic rings. The van der Waals surface area contributed by atoms with Gasteiger partial charge in [-0.3, -0.25) is 0 Å². The van der Waals surface area contributed by atoms with Crippen molar-refractivity contribution in [2.75, 3.05) is 19.6 Å². The molecule has 0 aromatic carbocycles. The van der Waals surface area contributed by atoms with Gasteiger partial charge in [0, 0.05) is 19.6 Å². The van der Waals surface area contributed by atoms with E-state index < -0.39 is 0 Å². The number of aliphatic hydroxyl groups is 1. The lowest BCUT2D eigenvalue weighted by Gasteiger charge is -2.40. The Labute approximate surface area is 87.3 Å². The first-order valence-corrected chi connectivity index (χ1v) is 6.18. The molecule has 0 radical (unpaired) electrons. The van der Waals surface area contributed by atoms with E-state index in [1.54, 1.807) is 0 Å². The van der Waals surface area contributed by atoms with Gasteiger partial charge in [0.25, 0.3) is 0 Å². The van der Waals surface area contributed by atoms with Crippen molar-refractivity contribution in [1.29, 1.82) is 0 Å². The predicted molar refractivity (Wildman–Crippen MR) is 58.2 cm³/mol. The minimum Gasteiger partial charge on any atom is -0.393 e. The zero-order chi connectivity index (χ0) is 9.97. The van der Waals surface area contributed by atoms with E-state index in [1.165, 1.54) is 38.9 Å². The fraction of sp³-hybridized carbons (Fsp3) is 1.00. The number of hydrogen-bond acceptors (Lipinski definition) is 2. The van der Waals surface area contributed by atoms with E-state index in [-0.39, 0.29) is 6.10 Å². The van der Waals surface area contributed by atoms with Crippen molar-refractivity contribution in [3.63, 3.8) is 0 Å². The first kappa shape index (κ1) is 10.4. The minimum absolute atomic E-state index is 0.00714. The smallest absolute Gasteiger partial charge is 0.0543 e. The summed E-state index contributed by atoms with van der Waals surface area (Å²) in [5.74, 6) is 1.76. The molecular weight excluding hydrogens is 174 g/mol. The van der Waals surface area contributed by atoms with Crippen LogP contribution in [0.3, 0.4) is 0 Å². The predicted octanol–water partition coefficient (Wildman–Crippen LogP) is 1.88. The highest BCUT2D eigenvalue weighted by Gasteiger charge is 2.30. The lowest BCUT2D eigenvalue weighted by Crippen LogP contribution is -2.48. The van der Waals surface area contributed by atoms with E-state index in [0.717, 1.165) is 24.7 Å². The third-order valence-corrected chi connectivity index (χ3v) is 3.76. The number of rotatable bonds is 4. The van der Waals surface area contributed by atoms with Gasteiger partial charge in [-0.15, -0.1) is 0 Å². The van der Waals surface area contributed by atoms with E-state index in [9.17, 15) is 5.11 Å². The van der Waals surface area contributed by atoms with Crippen LogP contribution in [0.1, 0.15) is 39.0 Å². The van der Waals surface area contributed by atoms with Gasteiger partial charge in [0.2, 0.25) is 0 Å². The van der Waals surface area contributed by atoms with Gasteiger partial charge in [-0.05, 0) is 37.5 Å². The summed E-state index contributed by atoms with van der Waals surface area (Å²) in [7, 11) is 0. The Morgan fingerprint density at radius 1 is 1.21 bits per heavy atom. The Hall–Kier alpha value is -0.0800. The van der Waals surface area contributed by atoms with Gasteiger partial charge in [-0.2, -0.15) is 0 Å². The van der Waals surface area contributed by atoms with Crippen molar-refractivity contribution in [3.05, 3.63) is 0 Å². The lowest BCUT2D eigenvalue weighted by molar-refractivity contribution is 0.0731. The van der Waals surface area contributed by atoms with Crippen molar-refractivity contribution in [1.82, 2.24) is 4.90 Å². The second-order valence-corrected chi connectivity index (χ2v) is 5.21. The Bertz CT molecular complexity index is 177. The molecule has 2 rings (SSSR count). The Morgan fingerprint density at radius 3 is 2.57 bits per heavy atom. The first-order valence-electron chi connectivity index (χ1n) is 6.18. The SMILES string of the molecule is CCCC1CN(CC2CCC(O)C2)C1. The zero-order valence-corrected chi connectivity index (χ0v) is 9.28. The van der Waals surface area contributed by atoms with Gasteiger partial charge < -0.3 is 10.0 Å². The molecule has 1 saturated carbocycles. The van der Waals surface area contributed by atoms with Crippen molar-refractivity contribution in [2.24, 2.45) is 11.8 Å². The van der Waals surface area contributed by atoms with Crippen LogP contribution in [0.2, 0.25) is 0 Å². The van der Waals surface area contributed by atoms with Crippen LogP contribution in [0.25, 0.3) is 0 Å². The lowest BCUT2D eigenvalue weighted by atomic mass is 9.93. The summed E-state index contributed by atoms with van der Waals surface area (Å²) in [5, 5.41) is 9.42. The van der Waals surface area contributed by atoms with Crippen LogP contribution in [0.4, 0.5) is 0 Å². The molecule has 1 N–H and O–H groups in total. The summed E-state index contributed by atoms with van der Waals surface area (Å²) >= 11 is 0. The van der Waals surface area contributed by atoms with Gasteiger partial charge in [0.15, 0.2) is 0 Å². The van der Waals surface area contributed by atoms with E-state index in [4.69, 9.17) is 0 Å². The van der Waals surface area contributed by atoms with E-state index >= 15 is 0 Å². The standard InChI is InChI=1S/C12H23NO/c1-2-3-11-8-13(9-11)7-10-4-5-12(14)6-10/h10-12,14H,2-9H2,1H3. The highest BCUT2D eigenvalue weighted by Crippen LogP contribution is 2.29. The van der Waals surface area contributed by atoms with Gasteiger partial charge >= 0.3 is 0 Å². The molecule has 2 aliphatic rings.